The van der Waals surface area contributed by atoms with Gasteiger partial charge in [0.05, 0.1) is 10.9 Å². The molecule has 0 aromatic rings. The second-order valence-electron chi connectivity index (χ2n) is 3.93. The van der Waals surface area contributed by atoms with Gasteiger partial charge < -0.3 is 10.0 Å². The summed E-state index contributed by atoms with van der Waals surface area (Å²) in [7, 11) is 0. The number of nitrogens with zero attached hydrogens (tertiary/aromatic N) is 1. The number of aliphatic hydroxyl groups is 1. The maximum absolute atomic E-state index is 11.8. The summed E-state index contributed by atoms with van der Waals surface area (Å²) in [6, 6.07) is 0.372. The van der Waals surface area contributed by atoms with Crippen molar-refractivity contribution < 1.29 is 9.90 Å². The van der Waals surface area contributed by atoms with Crippen LogP contribution in [0, 0.1) is 0 Å². The van der Waals surface area contributed by atoms with Gasteiger partial charge in [0.25, 0.3) is 0 Å². The smallest absolute Gasteiger partial charge is 0.239 e. The van der Waals surface area contributed by atoms with Crippen LogP contribution in [-0.2, 0) is 4.79 Å². The summed E-state index contributed by atoms with van der Waals surface area (Å²) in [4.78, 5) is 13.6. The number of hydrogen-bond donors (Lipinski definition) is 1. The van der Waals surface area contributed by atoms with Crippen LogP contribution < -0.4 is 0 Å². The number of aliphatic hydroxyl groups excluding tert-OH is 1. The van der Waals surface area contributed by atoms with Gasteiger partial charge in [0, 0.05) is 12.6 Å². The number of hydrogen-bond acceptors (Lipinski definition) is 2. The van der Waals surface area contributed by atoms with E-state index in [9.17, 15) is 4.79 Å². The molecule has 1 N–H and O–H groups in total. The van der Waals surface area contributed by atoms with Crippen molar-refractivity contribution >= 4 is 21.8 Å². The molecule has 0 saturated heterocycles. The molecule has 0 radical (unpaired) electrons. The summed E-state index contributed by atoms with van der Waals surface area (Å²) in [5.41, 5.74) is 0. The van der Waals surface area contributed by atoms with Crippen LogP contribution >= 0.6 is 15.9 Å². The van der Waals surface area contributed by atoms with Crippen LogP contribution in [0.2, 0.25) is 0 Å². The normalized spacial score (nSPS) is 17.2. The van der Waals surface area contributed by atoms with Crippen molar-refractivity contribution in [2.24, 2.45) is 0 Å². The topological polar surface area (TPSA) is 40.5 Å². The van der Waals surface area contributed by atoms with Crippen molar-refractivity contribution in [2.45, 2.75) is 37.1 Å². The Labute approximate surface area is 87.2 Å². The van der Waals surface area contributed by atoms with Crippen molar-refractivity contribution in [3.8, 4) is 0 Å². The highest BCUT2D eigenvalue weighted by Gasteiger charge is 2.37. The van der Waals surface area contributed by atoms with Gasteiger partial charge in [-0.05, 0) is 26.7 Å². The van der Waals surface area contributed by atoms with Gasteiger partial charge in [-0.25, -0.2) is 0 Å². The van der Waals surface area contributed by atoms with E-state index >= 15 is 0 Å². The molecule has 76 valence electrons. The zero-order valence-electron chi connectivity index (χ0n) is 8.09. The Kier molecular flexibility index (Phi) is 3.35. The van der Waals surface area contributed by atoms with E-state index < -0.39 is 4.32 Å². The molecule has 1 amide bonds. The zero-order chi connectivity index (χ0) is 10.1. The van der Waals surface area contributed by atoms with Gasteiger partial charge in [-0.3, -0.25) is 4.79 Å². The van der Waals surface area contributed by atoms with Crippen molar-refractivity contribution in [1.82, 2.24) is 4.90 Å². The average Bonchev–Trinajstić information content (AvgIpc) is 2.79. The van der Waals surface area contributed by atoms with E-state index in [0.29, 0.717) is 12.6 Å². The molecule has 1 fully saturated rings. The van der Waals surface area contributed by atoms with Gasteiger partial charge in [0.2, 0.25) is 5.91 Å². The average molecular weight is 250 g/mol. The molecule has 0 heterocycles. The molecule has 0 aromatic carbocycles. The Morgan fingerprint density at radius 3 is 2.46 bits per heavy atom. The number of carbonyl (C=O) groups excluding carboxylic acids is 1. The Hall–Kier alpha value is -0.0900. The molecule has 1 rings (SSSR count). The first-order chi connectivity index (χ1) is 5.96. The minimum Gasteiger partial charge on any atom is -0.395 e. The molecule has 3 nitrogen and oxygen atoms in total. The first-order valence-corrected chi connectivity index (χ1v) is 5.37. The number of rotatable bonds is 4. The van der Waals surface area contributed by atoms with Crippen LogP contribution in [0.5, 0.6) is 0 Å². The Morgan fingerprint density at radius 1 is 1.62 bits per heavy atom. The van der Waals surface area contributed by atoms with Crippen molar-refractivity contribution in [3.05, 3.63) is 0 Å². The highest BCUT2D eigenvalue weighted by atomic mass is 79.9. The first-order valence-electron chi connectivity index (χ1n) is 4.57. The van der Waals surface area contributed by atoms with Gasteiger partial charge >= 0.3 is 0 Å². The van der Waals surface area contributed by atoms with E-state index in [-0.39, 0.29) is 12.5 Å². The maximum atomic E-state index is 11.8. The van der Waals surface area contributed by atoms with Crippen LogP contribution in [0.4, 0.5) is 0 Å². The lowest BCUT2D eigenvalue weighted by Crippen LogP contribution is -2.44. The standard InChI is InChI=1S/C9H16BrNO2/c1-9(2,10)8(13)11(5-6-12)7-3-4-7/h7,12H,3-6H2,1-2H3. The minimum absolute atomic E-state index is 0.0469. The first kappa shape index (κ1) is 11.0. The lowest BCUT2D eigenvalue weighted by Gasteiger charge is -2.27. The summed E-state index contributed by atoms with van der Waals surface area (Å²) >= 11 is 3.34. The Bertz CT molecular complexity index is 196. The van der Waals surface area contributed by atoms with E-state index in [1.165, 1.54) is 0 Å². The van der Waals surface area contributed by atoms with E-state index in [4.69, 9.17) is 5.11 Å². The number of alkyl halides is 1. The maximum Gasteiger partial charge on any atom is 0.239 e. The Balaban J connectivity index is 2.58. The molecule has 1 aliphatic carbocycles. The van der Waals surface area contributed by atoms with Crippen LogP contribution in [0.15, 0.2) is 0 Å². The molecule has 4 heteroatoms. The van der Waals surface area contributed by atoms with Gasteiger partial charge in [-0.15, -0.1) is 0 Å². The number of amides is 1. The molecule has 1 aliphatic rings. The molecule has 0 aliphatic heterocycles. The van der Waals surface area contributed by atoms with Crippen LogP contribution in [0.25, 0.3) is 0 Å². The summed E-state index contributed by atoms with van der Waals surface area (Å²) in [6.07, 6.45) is 2.16. The fraction of sp³-hybridized carbons (Fsp3) is 0.889. The van der Waals surface area contributed by atoms with Crippen LogP contribution in [0.1, 0.15) is 26.7 Å². The van der Waals surface area contributed by atoms with Gasteiger partial charge in [0.15, 0.2) is 0 Å². The lowest BCUT2D eigenvalue weighted by atomic mass is 10.2. The van der Waals surface area contributed by atoms with Gasteiger partial charge in [0.1, 0.15) is 0 Å². The highest BCUT2D eigenvalue weighted by molar-refractivity contribution is 9.10. The highest BCUT2D eigenvalue weighted by Crippen LogP contribution is 2.30. The van der Waals surface area contributed by atoms with Gasteiger partial charge in [-0.1, -0.05) is 15.9 Å². The lowest BCUT2D eigenvalue weighted by molar-refractivity contribution is -0.133. The largest absolute Gasteiger partial charge is 0.395 e. The third-order valence-electron chi connectivity index (χ3n) is 2.10. The third kappa shape index (κ3) is 2.95. The predicted molar refractivity (Wildman–Crippen MR) is 54.8 cm³/mol. The van der Waals surface area contributed by atoms with E-state index in [2.05, 4.69) is 15.9 Å². The van der Waals surface area contributed by atoms with Crippen LogP contribution in [-0.4, -0.2) is 39.4 Å². The van der Waals surface area contributed by atoms with Crippen molar-refractivity contribution in [2.75, 3.05) is 13.2 Å². The predicted octanol–water partition coefficient (Wildman–Crippen LogP) is 1.14. The van der Waals surface area contributed by atoms with Crippen molar-refractivity contribution in [3.63, 3.8) is 0 Å². The molecule has 0 aromatic heterocycles. The molecule has 1 saturated carbocycles. The van der Waals surface area contributed by atoms with Gasteiger partial charge in [-0.2, -0.15) is 0 Å². The molecular weight excluding hydrogens is 234 g/mol. The van der Waals surface area contributed by atoms with Crippen molar-refractivity contribution in [1.29, 1.82) is 0 Å². The summed E-state index contributed by atoms with van der Waals surface area (Å²) < 4.78 is -0.509. The SMILES string of the molecule is CC(C)(Br)C(=O)N(CCO)C1CC1. The third-order valence-corrected chi connectivity index (χ3v) is 2.44. The fourth-order valence-corrected chi connectivity index (χ4v) is 1.51. The molecule has 0 bridgehead atoms. The van der Waals surface area contributed by atoms with Crippen LogP contribution in [0.3, 0.4) is 0 Å². The minimum atomic E-state index is -0.509. The van der Waals surface area contributed by atoms with E-state index in [0.717, 1.165) is 12.8 Å². The van der Waals surface area contributed by atoms with E-state index in [1.807, 2.05) is 13.8 Å². The fourth-order valence-electron chi connectivity index (χ4n) is 1.29. The summed E-state index contributed by atoms with van der Waals surface area (Å²) in [5, 5.41) is 8.82. The molecule has 13 heavy (non-hydrogen) atoms. The monoisotopic (exact) mass is 249 g/mol. The van der Waals surface area contributed by atoms with E-state index in [1.54, 1.807) is 4.90 Å². The summed E-state index contributed by atoms with van der Waals surface area (Å²) in [6.45, 7) is 4.17. The number of carbonyl (C=O) groups is 1. The molecule has 0 unspecified atom stereocenters. The zero-order valence-corrected chi connectivity index (χ0v) is 9.67. The summed E-state index contributed by atoms with van der Waals surface area (Å²) in [5.74, 6) is 0.0732. The molecule has 0 atom stereocenters. The second kappa shape index (κ2) is 3.96. The molecule has 0 spiro atoms. The number of halogens is 1. The second-order valence-corrected chi connectivity index (χ2v) is 5.91. The quantitative estimate of drug-likeness (QED) is 0.760. The Morgan fingerprint density at radius 2 is 2.15 bits per heavy atom. The molecular formula is C9H16BrNO2.